The van der Waals surface area contributed by atoms with Gasteiger partial charge in [0.25, 0.3) is 0 Å². The van der Waals surface area contributed by atoms with Gasteiger partial charge < -0.3 is 9.72 Å². The fraction of sp³-hybridized carbons (Fsp3) is 0.250. The predicted molar refractivity (Wildman–Crippen MR) is 63.5 cm³/mol. The van der Waals surface area contributed by atoms with Crippen LogP contribution >= 0.6 is 0 Å². The van der Waals surface area contributed by atoms with Crippen LogP contribution in [-0.2, 0) is 4.74 Å². The van der Waals surface area contributed by atoms with Gasteiger partial charge in [0.2, 0.25) is 0 Å². The number of aromatic nitrogens is 1. The summed E-state index contributed by atoms with van der Waals surface area (Å²) < 4.78 is 4.99. The molecule has 16 heavy (non-hydrogen) atoms. The Bertz CT molecular complexity index is 502. The van der Waals surface area contributed by atoms with Crippen LogP contribution in [0.1, 0.15) is 13.8 Å². The molecule has 4 heteroatoms. The van der Waals surface area contributed by atoms with E-state index in [-0.39, 0.29) is 6.10 Å². The van der Waals surface area contributed by atoms with E-state index >= 15 is 0 Å². The van der Waals surface area contributed by atoms with Gasteiger partial charge in [-0.05, 0) is 38.1 Å². The van der Waals surface area contributed by atoms with Gasteiger partial charge in [-0.3, -0.25) is 5.32 Å². The first-order chi connectivity index (χ1) is 7.65. The lowest BCUT2D eigenvalue weighted by Crippen LogP contribution is -2.17. The fourth-order valence-electron chi connectivity index (χ4n) is 1.49. The van der Waals surface area contributed by atoms with Crippen molar-refractivity contribution < 1.29 is 9.53 Å². The summed E-state index contributed by atoms with van der Waals surface area (Å²) in [5.41, 5.74) is 1.78. The lowest BCUT2D eigenvalue weighted by molar-refractivity contribution is 0.130. The Morgan fingerprint density at radius 3 is 2.94 bits per heavy atom. The summed E-state index contributed by atoms with van der Waals surface area (Å²) in [6, 6.07) is 7.60. The van der Waals surface area contributed by atoms with Gasteiger partial charge in [0.1, 0.15) is 0 Å². The quantitative estimate of drug-likeness (QED) is 0.813. The fourth-order valence-corrected chi connectivity index (χ4v) is 1.49. The molecule has 2 rings (SSSR count). The monoisotopic (exact) mass is 218 g/mol. The van der Waals surface area contributed by atoms with Crippen LogP contribution in [0.3, 0.4) is 0 Å². The van der Waals surface area contributed by atoms with Crippen LogP contribution in [0.5, 0.6) is 0 Å². The maximum absolute atomic E-state index is 11.4. The van der Waals surface area contributed by atoms with Crippen LogP contribution in [0.25, 0.3) is 10.9 Å². The van der Waals surface area contributed by atoms with Crippen LogP contribution in [0.15, 0.2) is 30.5 Å². The molecular formula is C12H14N2O2. The van der Waals surface area contributed by atoms with Crippen LogP contribution in [0, 0.1) is 0 Å². The number of aromatic amines is 1. The number of nitrogens with one attached hydrogen (secondary N) is 2. The average Bonchev–Trinajstić information content (AvgIpc) is 2.63. The number of hydrogen-bond donors (Lipinski definition) is 2. The Kier molecular flexibility index (Phi) is 2.81. The molecule has 1 aromatic carbocycles. The first kappa shape index (κ1) is 10.5. The highest BCUT2D eigenvalue weighted by Crippen LogP contribution is 2.17. The molecule has 0 saturated carbocycles. The van der Waals surface area contributed by atoms with Gasteiger partial charge in [0.15, 0.2) is 0 Å². The van der Waals surface area contributed by atoms with Gasteiger partial charge in [0.05, 0.1) is 6.10 Å². The number of fused-ring (bicyclic) bond motifs is 1. The summed E-state index contributed by atoms with van der Waals surface area (Å²) in [6.07, 6.45) is 1.32. The number of H-pyrrole nitrogens is 1. The van der Waals surface area contributed by atoms with Gasteiger partial charge in [-0.25, -0.2) is 4.79 Å². The second-order valence-electron chi connectivity index (χ2n) is 3.86. The Morgan fingerprint density at radius 2 is 2.19 bits per heavy atom. The molecule has 0 radical (unpaired) electrons. The molecule has 84 valence electrons. The van der Waals surface area contributed by atoms with Crippen molar-refractivity contribution in [1.29, 1.82) is 0 Å². The SMILES string of the molecule is CC(C)OC(=O)Nc1ccc2[nH]ccc2c1. The van der Waals surface area contributed by atoms with Crippen LogP contribution < -0.4 is 5.32 Å². The molecular weight excluding hydrogens is 204 g/mol. The molecule has 4 nitrogen and oxygen atoms in total. The van der Waals surface area contributed by atoms with Crippen molar-refractivity contribution in [2.75, 3.05) is 5.32 Å². The smallest absolute Gasteiger partial charge is 0.411 e. The molecule has 0 spiro atoms. The molecule has 1 amide bonds. The highest BCUT2D eigenvalue weighted by molar-refractivity contribution is 5.90. The molecule has 2 N–H and O–H groups in total. The minimum Gasteiger partial charge on any atom is -0.447 e. The molecule has 0 saturated heterocycles. The van der Waals surface area contributed by atoms with Crippen LogP contribution in [-0.4, -0.2) is 17.2 Å². The molecule has 0 bridgehead atoms. The van der Waals surface area contributed by atoms with E-state index in [2.05, 4.69) is 10.3 Å². The molecule has 0 unspecified atom stereocenters. The second kappa shape index (κ2) is 4.26. The number of carbonyl (C=O) groups excluding carboxylic acids is 1. The number of carbonyl (C=O) groups is 1. The van der Waals surface area contributed by atoms with E-state index in [0.29, 0.717) is 0 Å². The average molecular weight is 218 g/mol. The van der Waals surface area contributed by atoms with Gasteiger partial charge in [-0.15, -0.1) is 0 Å². The summed E-state index contributed by atoms with van der Waals surface area (Å²) in [6.45, 7) is 3.63. The Morgan fingerprint density at radius 1 is 1.38 bits per heavy atom. The standard InChI is InChI=1S/C12H14N2O2/c1-8(2)16-12(15)14-10-3-4-11-9(7-10)5-6-13-11/h3-8,13H,1-2H3,(H,14,15). The first-order valence-corrected chi connectivity index (χ1v) is 5.20. The van der Waals surface area contributed by atoms with E-state index in [0.717, 1.165) is 16.6 Å². The van der Waals surface area contributed by atoms with Crippen molar-refractivity contribution in [2.45, 2.75) is 20.0 Å². The number of rotatable bonds is 2. The Hall–Kier alpha value is -1.97. The summed E-state index contributed by atoms with van der Waals surface area (Å²) >= 11 is 0. The zero-order valence-electron chi connectivity index (χ0n) is 9.28. The minimum absolute atomic E-state index is 0.115. The predicted octanol–water partition coefficient (Wildman–Crippen LogP) is 3.12. The van der Waals surface area contributed by atoms with Gasteiger partial charge in [-0.1, -0.05) is 0 Å². The zero-order valence-corrected chi connectivity index (χ0v) is 9.28. The van der Waals surface area contributed by atoms with E-state index in [9.17, 15) is 4.79 Å². The van der Waals surface area contributed by atoms with E-state index in [1.165, 1.54) is 0 Å². The van der Waals surface area contributed by atoms with Crippen LogP contribution in [0.2, 0.25) is 0 Å². The van der Waals surface area contributed by atoms with Crippen molar-refractivity contribution in [1.82, 2.24) is 4.98 Å². The third-order valence-corrected chi connectivity index (χ3v) is 2.14. The van der Waals surface area contributed by atoms with Crippen molar-refractivity contribution in [3.05, 3.63) is 30.5 Å². The lowest BCUT2D eigenvalue weighted by Gasteiger charge is -2.09. The minimum atomic E-state index is -0.426. The summed E-state index contributed by atoms with van der Waals surface area (Å²) in [5, 5.41) is 3.74. The molecule has 0 fully saturated rings. The van der Waals surface area contributed by atoms with Crippen molar-refractivity contribution in [2.24, 2.45) is 0 Å². The van der Waals surface area contributed by atoms with E-state index in [1.54, 1.807) is 0 Å². The summed E-state index contributed by atoms with van der Waals surface area (Å²) in [4.78, 5) is 14.4. The molecule has 1 aromatic heterocycles. The largest absolute Gasteiger partial charge is 0.447 e. The molecule has 1 heterocycles. The highest BCUT2D eigenvalue weighted by atomic mass is 16.6. The first-order valence-electron chi connectivity index (χ1n) is 5.20. The maximum atomic E-state index is 11.4. The topological polar surface area (TPSA) is 54.1 Å². The summed E-state index contributed by atoms with van der Waals surface area (Å²) in [7, 11) is 0. The van der Waals surface area contributed by atoms with Gasteiger partial charge in [-0.2, -0.15) is 0 Å². The Balaban J connectivity index is 2.11. The molecule has 0 atom stereocenters. The molecule has 0 aliphatic carbocycles. The number of anilines is 1. The Labute approximate surface area is 93.6 Å². The van der Waals surface area contributed by atoms with Crippen molar-refractivity contribution in [3.63, 3.8) is 0 Å². The maximum Gasteiger partial charge on any atom is 0.411 e. The number of benzene rings is 1. The van der Waals surface area contributed by atoms with E-state index in [1.807, 2.05) is 44.3 Å². The number of hydrogen-bond acceptors (Lipinski definition) is 2. The third-order valence-electron chi connectivity index (χ3n) is 2.14. The highest BCUT2D eigenvalue weighted by Gasteiger charge is 2.05. The van der Waals surface area contributed by atoms with Crippen molar-refractivity contribution in [3.8, 4) is 0 Å². The van der Waals surface area contributed by atoms with Gasteiger partial charge in [0, 0.05) is 22.8 Å². The zero-order chi connectivity index (χ0) is 11.5. The number of ether oxygens (including phenoxy) is 1. The van der Waals surface area contributed by atoms with E-state index < -0.39 is 6.09 Å². The number of amides is 1. The van der Waals surface area contributed by atoms with Gasteiger partial charge >= 0.3 is 6.09 Å². The van der Waals surface area contributed by atoms with Crippen LogP contribution in [0.4, 0.5) is 10.5 Å². The third kappa shape index (κ3) is 2.34. The normalized spacial score (nSPS) is 10.7. The lowest BCUT2D eigenvalue weighted by atomic mass is 10.2. The van der Waals surface area contributed by atoms with Crippen molar-refractivity contribution >= 4 is 22.7 Å². The molecule has 2 aromatic rings. The summed E-state index contributed by atoms with van der Waals surface area (Å²) in [5.74, 6) is 0. The van der Waals surface area contributed by atoms with E-state index in [4.69, 9.17) is 4.74 Å². The molecule has 0 aliphatic rings. The molecule has 0 aliphatic heterocycles. The second-order valence-corrected chi connectivity index (χ2v) is 3.86.